The van der Waals surface area contributed by atoms with Gasteiger partial charge in [0.05, 0.1) is 5.54 Å². The average Bonchev–Trinajstić information content (AvgIpc) is 3.27. The number of nitrogens with zero attached hydrogens (tertiary/aromatic N) is 1. The third-order valence-corrected chi connectivity index (χ3v) is 4.25. The Morgan fingerprint density at radius 2 is 1.82 bits per heavy atom. The zero-order chi connectivity index (χ0) is 14.9. The van der Waals surface area contributed by atoms with Gasteiger partial charge in [-0.2, -0.15) is 0 Å². The molecular formula is C16H22ClN3O2. The van der Waals surface area contributed by atoms with E-state index in [9.17, 15) is 9.59 Å². The van der Waals surface area contributed by atoms with E-state index in [4.69, 9.17) is 5.73 Å². The van der Waals surface area contributed by atoms with Crippen LogP contribution in [0.2, 0.25) is 0 Å². The summed E-state index contributed by atoms with van der Waals surface area (Å²) in [7, 11) is 0. The largest absolute Gasteiger partial charge is 0.339 e. The van der Waals surface area contributed by atoms with Crippen molar-refractivity contribution in [3.63, 3.8) is 0 Å². The van der Waals surface area contributed by atoms with Gasteiger partial charge in [0, 0.05) is 24.3 Å². The van der Waals surface area contributed by atoms with Gasteiger partial charge in [-0.05, 0) is 50.3 Å². The van der Waals surface area contributed by atoms with E-state index in [1.54, 1.807) is 24.3 Å². The number of amides is 2. The molecule has 0 spiro atoms. The quantitative estimate of drug-likeness (QED) is 0.895. The number of halogens is 1. The minimum absolute atomic E-state index is 0. The summed E-state index contributed by atoms with van der Waals surface area (Å²) < 4.78 is 0. The van der Waals surface area contributed by atoms with Crippen LogP contribution in [0.15, 0.2) is 24.3 Å². The van der Waals surface area contributed by atoms with Gasteiger partial charge in [-0.1, -0.05) is 6.07 Å². The van der Waals surface area contributed by atoms with Gasteiger partial charge in [0.1, 0.15) is 0 Å². The van der Waals surface area contributed by atoms with Crippen LogP contribution in [-0.2, 0) is 4.79 Å². The number of carbonyl (C=O) groups is 2. The number of hydrogen-bond acceptors (Lipinski definition) is 3. The Labute approximate surface area is 136 Å². The Balaban J connectivity index is 0.00000176. The lowest BCUT2D eigenvalue weighted by atomic mass is 10.1. The molecule has 1 aromatic carbocycles. The van der Waals surface area contributed by atoms with Crippen LogP contribution in [-0.4, -0.2) is 35.3 Å². The summed E-state index contributed by atoms with van der Waals surface area (Å²) in [4.78, 5) is 26.3. The number of rotatable bonds is 3. The summed E-state index contributed by atoms with van der Waals surface area (Å²) in [6, 6.07) is 7.11. The van der Waals surface area contributed by atoms with Crippen molar-refractivity contribution in [1.82, 2.24) is 4.90 Å². The molecule has 2 amide bonds. The Morgan fingerprint density at radius 3 is 2.45 bits per heavy atom. The normalized spacial score (nSPS) is 19.0. The SMILES string of the molecule is Cl.NC1(C(=O)Nc2cccc(C(=O)N3CCCCC3)c2)CC1. The van der Waals surface area contributed by atoms with E-state index in [0.717, 1.165) is 38.8 Å². The molecule has 5 nitrogen and oxygen atoms in total. The number of anilines is 1. The third-order valence-electron chi connectivity index (χ3n) is 4.25. The molecule has 0 radical (unpaired) electrons. The molecule has 0 unspecified atom stereocenters. The summed E-state index contributed by atoms with van der Waals surface area (Å²) in [5.41, 5.74) is 6.42. The second-order valence-electron chi connectivity index (χ2n) is 6.04. The van der Waals surface area contributed by atoms with Crippen molar-refractivity contribution in [2.24, 2.45) is 5.73 Å². The van der Waals surface area contributed by atoms with Gasteiger partial charge in [0.15, 0.2) is 0 Å². The molecule has 6 heteroatoms. The zero-order valence-corrected chi connectivity index (χ0v) is 13.3. The summed E-state index contributed by atoms with van der Waals surface area (Å²) in [6.45, 7) is 1.64. The van der Waals surface area contributed by atoms with Crippen molar-refractivity contribution in [3.8, 4) is 0 Å². The van der Waals surface area contributed by atoms with Gasteiger partial charge in [-0.3, -0.25) is 9.59 Å². The first kappa shape index (κ1) is 16.8. The van der Waals surface area contributed by atoms with Crippen LogP contribution in [0.25, 0.3) is 0 Å². The monoisotopic (exact) mass is 323 g/mol. The molecule has 1 saturated carbocycles. The van der Waals surface area contributed by atoms with E-state index in [0.29, 0.717) is 11.3 Å². The molecule has 1 saturated heterocycles. The van der Waals surface area contributed by atoms with E-state index in [1.165, 1.54) is 6.42 Å². The van der Waals surface area contributed by atoms with Gasteiger partial charge in [-0.25, -0.2) is 0 Å². The van der Waals surface area contributed by atoms with Crippen molar-refractivity contribution in [2.45, 2.75) is 37.6 Å². The molecule has 1 aliphatic heterocycles. The molecule has 0 aromatic heterocycles. The van der Waals surface area contributed by atoms with Crippen molar-refractivity contribution >= 4 is 29.9 Å². The van der Waals surface area contributed by atoms with E-state index in [-0.39, 0.29) is 24.2 Å². The molecule has 3 rings (SSSR count). The predicted octanol–water partition coefficient (Wildman–Crippen LogP) is 2.16. The average molecular weight is 324 g/mol. The second kappa shape index (κ2) is 6.67. The summed E-state index contributed by atoms with van der Waals surface area (Å²) in [5.74, 6) is -0.121. The van der Waals surface area contributed by atoms with Gasteiger partial charge in [-0.15, -0.1) is 12.4 Å². The number of nitrogens with one attached hydrogen (secondary N) is 1. The highest BCUT2D eigenvalue weighted by molar-refractivity contribution is 6.01. The maximum absolute atomic E-state index is 12.4. The Bertz CT molecular complexity index is 566. The molecule has 3 N–H and O–H groups in total. The van der Waals surface area contributed by atoms with E-state index in [1.807, 2.05) is 4.90 Å². The number of likely N-dealkylation sites (tertiary alicyclic amines) is 1. The topological polar surface area (TPSA) is 75.4 Å². The van der Waals surface area contributed by atoms with Crippen LogP contribution in [0.4, 0.5) is 5.69 Å². The molecule has 1 aromatic rings. The van der Waals surface area contributed by atoms with Crippen molar-refractivity contribution in [3.05, 3.63) is 29.8 Å². The highest BCUT2D eigenvalue weighted by atomic mass is 35.5. The third kappa shape index (κ3) is 3.59. The van der Waals surface area contributed by atoms with Gasteiger partial charge in [0.2, 0.25) is 5.91 Å². The fourth-order valence-corrected chi connectivity index (χ4v) is 2.63. The van der Waals surface area contributed by atoms with Crippen LogP contribution >= 0.6 is 12.4 Å². The lowest BCUT2D eigenvalue weighted by Gasteiger charge is -2.26. The van der Waals surface area contributed by atoms with Crippen LogP contribution in [0.3, 0.4) is 0 Å². The predicted molar refractivity (Wildman–Crippen MR) is 88.2 cm³/mol. The summed E-state index contributed by atoms with van der Waals surface area (Å²) in [6.07, 6.45) is 4.78. The maximum Gasteiger partial charge on any atom is 0.253 e. The van der Waals surface area contributed by atoms with E-state index < -0.39 is 5.54 Å². The standard InChI is InChI=1S/C16H21N3O2.ClH/c17-16(7-8-16)15(21)18-13-6-4-5-12(11-13)14(20)19-9-2-1-3-10-19;/h4-6,11H,1-3,7-10,17H2,(H,18,21);1H. The number of piperidine rings is 1. The molecular weight excluding hydrogens is 302 g/mol. The highest BCUT2D eigenvalue weighted by Crippen LogP contribution is 2.33. The molecule has 1 heterocycles. The minimum Gasteiger partial charge on any atom is -0.339 e. The Kier molecular flexibility index (Phi) is 5.08. The molecule has 0 bridgehead atoms. The number of carbonyl (C=O) groups excluding carboxylic acids is 2. The molecule has 2 fully saturated rings. The Hall–Kier alpha value is -1.59. The first-order valence-electron chi connectivity index (χ1n) is 7.58. The summed E-state index contributed by atoms with van der Waals surface area (Å²) in [5, 5.41) is 2.81. The molecule has 22 heavy (non-hydrogen) atoms. The van der Waals surface area contributed by atoms with Crippen molar-refractivity contribution < 1.29 is 9.59 Å². The Morgan fingerprint density at radius 1 is 1.14 bits per heavy atom. The van der Waals surface area contributed by atoms with Gasteiger partial charge in [0.25, 0.3) is 5.91 Å². The van der Waals surface area contributed by atoms with Crippen molar-refractivity contribution in [1.29, 1.82) is 0 Å². The van der Waals surface area contributed by atoms with Crippen LogP contribution in [0.5, 0.6) is 0 Å². The smallest absolute Gasteiger partial charge is 0.253 e. The van der Waals surface area contributed by atoms with Crippen LogP contribution in [0, 0.1) is 0 Å². The van der Waals surface area contributed by atoms with E-state index in [2.05, 4.69) is 5.32 Å². The van der Waals surface area contributed by atoms with E-state index >= 15 is 0 Å². The number of benzene rings is 1. The molecule has 0 atom stereocenters. The second-order valence-corrected chi connectivity index (χ2v) is 6.04. The molecule has 2 aliphatic rings. The molecule has 120 valence electrons. The number of nitrogens with two attached hydrogens (primary N) is 1. The minimum atomic E-state index is -0.702. The lowest BCUT2D eigenvalue weighted by molar-refractivity contribution is -0.118. The maximum atomic E-state index is 12.4. The molecule has 1 aliphatic carbocycles. The van der Waals surface area contributed by atoms with Crippen LogP contribution in [0.1, 0.15) is 42.5 Å². The lowest BCUT2D eigenvalue weighted by Crippen LogP contribution is -2.38. The van der Waals surface area contributed by atoms with Gasteiger partial charge < -0.3 is 16.0 Å². The zero-order valence-electron chi connectivity index (χ0n) is 12.5. The fraction of sp³-hybridized carbons (Fsp3) is 0.500. The van der Waals surface area contributed by atoms with Crippen molar-refractivity contribution in [2.75, 3.05) is 18.4 Å². The van der Waals surface area contributed by atoms with Gasteiger partial charge >= 0.3 is 0 Å². The van der Waals surface area contributed by atoms with Crippen LogP contribution < -0.4 is 11.1 Å². The summed E-state index contributed by atoms with van der Waals surface area (Å²) >= 11 is 0. The fourth-order valence-electron chi connectivity index (χ4n) is 2.63. The number of hydrogen-bond donors (Lipinski definition) is 2. The highest BCUT2D eigenvalue weighted by Gasteiger charge is 2.45. The first-order valence-corrected chi connectivity index (χ1v) is 7.58. The first-order chi connectivity index (χ1) is 10.1.